The molecule has 1 aliphatic heterocycles. The predicted octanol–water partition coefficient (Wildman–Crippen LogP) is 4.51. The van der Waals surface area contributed by atoms with Gasteiger partial charge in [0.2, 0.25) is 5.58 Å². The molecule has 0 aliphatic carbocycles. The normalized spacial score (nSPS) is 13.2. The second-order valence-electron chi connectivity index (χ2n) is 15.3. The summed E-state index contributed by atoms with van der Waals surface area (Å²) in [7, 11) is -2.61. The maximum atomic E-state index is 13.3. The Kier molecular flexibility index (Phi) is 17.5. The molecule has 0 bridgehead atoms. The Balaban J connectivity index is 0.00000108. The molecule has 4 aromatic carbocycles. The Hall–Kier alpha value is -6.32. The Bertz CT molecular complexity index is 2820. The van der Waals surface area contributed by atoms with E-state index in [1.54, 1.807) is 56.8 Å². The highest BCUT2D eigenvalue weighted by molar-refractivity contribution is 7.85. The average Bonchev–Trinajstić information content (AvgIpc) is 3.77. The molecule has 0 unspecified atom stereocenters. The molecule has 20 heteroatoms. The van der Waals surface area contributed by atoms with Crippen molar-refractivity contribution in [2.45, 2.75) is 54.0 Å². The summed E-state index contributed by atoms with van der Waals surface area (Å²) in [5.41, 5.74) is 3.64. The van der Waals surface area contributed by atoms with Crippen LogP contribution < -0.4 is 34.5 Å². The van der Waals surface area contributed by atoms with Gasteiger partial charge >= 0.3 is 11.9 Å². The van der Waals surface area contributed by atoms with Gasteiger partial charge in [0.05, 0.1) is 45.6 Å². The van der Waals surface area contributed by atoms with Crippen LogP contribution in [-0.2, 0) is 31.6 Å². The van der Waals surface area contributed by atoms with E-state index < -0.39 is 49.5 Å². The quantitative estimate of drug-likeness (QED) is 0.0361. The molecule has 1 aliphatic rings. The highest BCUT2D eigenvalue weighted by Crippen LogP contribution is 2.40. The molecule has 5 aromatic rings. The van der Waals surface area contributed by atoms with E-state index in [4.69, 9.17) is 21.7 Å². The number of fused-ring (bicyclic) bond motifs is 2. The summed E-state index contributed by atoms with van der Waals surface area (Å²) in [5, 5.41) is 5.58. The van der Waals surface area contributed by atoms with Crippen LogP contribution in [0.3, 0.4) is 0 Å². The van der Waals surface area contributed by atoms with Gasteiger partial charge in [0.1, 0.15) is 13.6 Å². The van der Waals surface area contributed by atoms with E-state index in [1.807, 2.05) is 19.1 Å². The Morgan fingerprint density at radius 1 is 0.803 bits per heavy atom. The third kappa shape index (κ3) is 14.9. The fourth-order valence-electron chi connectivity index (χ4n) is 6.85. The van der Waals surface area contributed by atoms with Crippen LogP contribution in [0.4, 0.5) is 17.1 Å². The zero-order chi connectivity index (χ0) is 48.2. The lowest BCUT2D eigenvalue weighted by Crippen LogP contribution is -3.11. The van der Waals surface area contributed by atoms with Crippen molar-refractivity contribution in [2.24, 2.45) is 0 Å². The number of carbonyl (C=O) groups excluding carboxylic acids is 3. The van der Waals surface area contributed by atoms with Gasteiger partial charge in [-0.2, -0.15) is 4.57 Å². The molecule has 3 N–H and O–H groups in total. The Morgan fingerprint density at radius 3 is 1.92 bits per heavy atom. The minimum absolute atomic E-state index is 0.00784. The maximum absolute atomic E-state index is 13.3. The number of nitrogens with zero attached hydrogens (tertiary/aromatic N) is 2. The van der Waals surface area contributed by atoms with Crippen LogP contribution in [0.5, 0.6) is 11.5 Å². The number of hydrogen-bond donors (Lipinski definition) is 3. The van der Waals surface area contributed by atoms with E-state index in [1.165, 1.54) is 69.0 Å². The third-order valence-electron chi connectivity index (χ3n) is 10.3. The molecule has 66 heavy (non-hydrogen) atoms. The van der Waals surface area contributed by atoms with Crippen LogP contribution in [0, 0.1) is 6.92 Å². The first-order valence-electron chi connectivity index (χ1n) is 21.2. The van der Waals surface area contributed by atoms with Gasteiger partial charge in [-0.05, 0) is 107 Å². The lowest BCUT2D eigenvalue weighted by molar-refractivity contribution is -0.894. The predicted molar refractivity (Wildman–Crippen MR) is 248 cm³/mol. The second kappa shape index (κ2) is 22.7. The van der Waals surface area contributed by atoms with Crippen molar-refractivity contribution in [1.82, 2.24) is 0 Å². The van der Waals surface area contributed by atoms with E-state index in [-0.39, 0.29) is 54.3 Å². The van der Waals surface area contributed by atoms with Crippen molar-refractivity contribution < 1.29 is 63.7 Å². The van der Waals surface area contributed by atoms with Gasteiger partial charge in [-0.15, -0.1) is 0 Å². The first kappa shape index (κ1) is 50.7. The van der Waals surface area contributed by atoms with Gasteiger partial charge in [0.25, 0.3) is 17.3 Å². The van der Waals surface area contributed by atoms with Crippen LogP contribution in [0.25, 0.3) is 17.2 Å². The topological polar surface area (TPSA) is 233 Å². The number of ether oxygens (including phenoxy) is 2. The van der Waals surface area contributed by atoms with Crippen molar-refractivity contribution in [3.05, 3.63) is 125 Å². The number of quaternary nitrogens is 1. The molecule has 1 aromatic heterocycles. The van der Waals surface area contributed by atoms with Crippen LogP contribution in [0.1, 0.15) is 72.7 Å². The highest BCUT2D eigenvalue weighted by Gasteiger charge is 2.29. The molecule has 0 spiro atoms. The number of benzene rings is 4. The molecule has 0 atom stereocenters. The standard InChI is InChI=1S/C40H37BN4O12S2.C6H15N/c1-25-5-9-30(10-6-25)42-39(47)27-7-15-35-33(21-27)44(17-3-19-58(49,50)51)37(56-35)23-29(41)24-38-45(18-4-20-59(52,53)54)34-22-28(8-16-36(34)57-38)40(48)43-31-11-13-32(14-12-31)55-26(2)46;1-4-7(5-2)6-3/h5-16,21-24H,3-4,17-20H2,1-2H3,(H3-,42,43,47,48,49,50,51,52,53,54);4-6H2,1-3H3. The number of amides is 2. The van der Waals surface area contributed by atoms with Crippen molar-refractivity contribution in [3.8, 4) is 11.5 Å². The molecule has 2 radical (unpaired) electrons. The number of allylic oxidation sites excluding steroid dienone is 2. The zero-order valence-electron chi connectivity index (χ0n) is 37.3. The van der Waals surface area contributed by atoms with E-state index in [9.17, 15) is 40.3 Å². The van der Waals surface area contributed by atoms with E-state index >= 15 is 0 Å². The lowest BCUT2D eigenvalue weighted by Gasteiger charge is -2.19. The van der Waals surface area contributed by atoms with Crippen LogP contribution >= 0.6 is 0 Å². The zero-order valence-corrected chi connectivity index (χ0v) is 38.9. The van der Waals surface area contributed by atoms with Gasteiger partial charge in [-0.1, -0.05) is 23.2 Å². The van der Waals surface area contributed by atoms with E-state index in [2.05, 4.69) is 31.4 Å². The van der Waals surface area contributed by atoms with E-state index in [0.29, 0.717) is 39.7 Å². The van der Waals surface area contributed by atoms with E-state index in [0.717, 1.165) is 5.56 Å². The largest absolute Gasteiger partial charge is 0.748 e. The summed E-state index contributed by atoms with van der Waals surface area (Å²) in [6.07, 6.45) is 2.64. The molecule has 6 rings (SSSR count). The Morgan fingerprint density at radius 2 is 1.36 bits per heavy atom. The van der Waals surface area contributed by atoms with Gasteiger partial charge in [-0.25, -0.2) is 16.8 Å². The van der Waals surface area contributed by atoms with Gasteiger partial charge < -0.3 is 43.4 Å². The summed E-state index contributed by atoms with van der Waals surface area (Å²) in [5.74, 6) is -1.90. The minimum Gasteiger partial charge on any atom is -0.748 e. The van der Waals surface area contributed by atoms with Crippen LogP contribution in [0.15, 0.2) is 107 Å². The number of rotatable bonds is 18. The van der Waals surface area contributed by atoms with Crippen LogP contribution in [0.2, 0.25) is 0 Å². The minimum atomic E-state index is -4.56. The smallest absolute Gasteiger partial charge is 0.373 e. The average molecular weight is 942 g/mol. The highest BCUT2D eigenvalue weighted by atomic mass is 32.2. The fraction of sp³-hybridized carbons (Fsp3) is 0.304. The summed E-state index contributed by atoms with van der Waals surface area (Å²) in [6.45, 7) is 13.6. The maximum Gasteiger partial charge on any atom is 0.373 e. The molecule has 0 fully saturated rings. The number of carbonyl (C=O) groups is 3. The SMILES string of the molecule is CC[NH+](CC)CC.[B]C(=Cc1oc2ccc(C(=O)Nc3ccc(C)cc3)cc2[n+]1CCCS(=O)(=O)[O-])C=C1Oc2ccc(C(=O)Nc3ccc(OC(C)=O)cc3)cc2N1CCCS(=O)(=O)[O-]. The van der Waals surface area contributed by atoms with Crippen molar-refractivity contribution >= 4 is 80.1 Å². The van der Waals surface area contributed by atoms with Crippen molar-refractivity contribution in [3.63, 3.8) is 0 Å². The number of anilines is 3. The number of aryl methyl sites for hydroxylation is 2. The molecule has 0 saturated heterocycles. The molecule has 17 nitrogen and oxygen atoms in total. The molecular formula is C46H52BN5O12S2. The number of oxazole rings is 1. The van der Waals surface area contributed by atoms with Gasteiger partial charge in [-0.3, -0.25) is 14.4 Å². The Labute approximate surface area is 386 Å². The summed E-state index contributed by atoms with van der Waals surface area (Å²) in [4.78, 5) is 40.9. The summed E-state index contributed by atoms with van der Waals surface area (Å²) >= 11 is 0. The van der Waals surface area contributed by atoms with Gasteiger partial charge in [0, 0.05) is 66.0 Å². The summed E-state index contributed by atoms with van der Waals surface area (Å²) in [6, 6.07) is 22.6. The fourth-order valence-corrected chi connectivity index (χ4v) is 7.82. The molecule has 2 heterocycles. The van der Waals surface area contributed by atoms with Gasteiger partial charge in [0.15, 0.2) is 18.2 Å². The van der Waals surface area contributed by atoms with Crippen LogP contribution in [-0.4, -0.2) is 89.3 Å². The third-order valence-corrected chi connectivity index (χ3v) is 11.9. The second-order valence-corrected chi connectivity index (χ2v) is 18.3. The molecular weight excluding hydrogens is 889 g/mol. The molecule has 348 valence electrons. The monoisotopic (exact) mass is 941 g/mol. The molecule has 0 saturated carbocycles. The number of esters is 1. The molecule has 2 amide bonds. The number of hydrogen-bond acceptors (Lipinski definition) is 13. The first-order valence-corrected chi connectivity index (χ1v) is 24.3. The van der Waals surface area contributed by atoms with Crippen molar-refractivity contribution in [2.75, 3.05) is 53.2 Å². The first-order chi connectivity index (χ1) is 31.2. The number of aromatic nitrogens is 1. The number of nitrogens with one attached hydrogen (secondary N) is 3. The van der Waals surface area contributed by atoms with Crippen molar-refractivity contribution in [1.29, 1.82) is 0 Å². The summed E-state index contributed by atoms with van der Waals surface area (Å²) < 4.78 is 87.6. The lowest BCUT2D eigenvalue weighted by atomic mass is 9.95.